The van der Waals surface area contributed by atoms with E-state index in [1.165, 1.54) is 0 Å². The summed E-state index contributed by atoms with van der Waals surface area (Å²) in [6.45, 7) is 0.533. The molecule has 0 bridgehead atoms. The van der Waals surface area contributed by atoms with Crippen molar-refractivity contribution in [2.45, 2.75) is 6.42 Å². The van der Waals surface area contributed by atoms with Crippen molar-refractivity contribution in [2.75, 3.05) is 6.54 Å². The molecule has 0 radical (unpaired) electrons. The van der Waals surface area contributed by atoms with Gasteiger partial charge in [0.25, 0.3) is 5.91 Å². The highest BCUT2D eigenvalue weighted by Gasteiger charge is 2.06. The van der Waals surface area contributed by atoms with Gasteiger partial charge in [0.05, 0.1) is 0 Å². The second kappa shape index (κ2) is 7.29. The molecule has 0 heterocycles. The Labute approximate surface area is 141 Å². The molecule has 1 amide bonds. The Bertz CT molecular complexity index is 631. The number of carbonyl (C=O) groups is 1. The van der Waals surface area contributed by atoms with Gasteiger partial charge in [-0.25, -0.2) is 0 Å². The molecule has 20 heavy (non-hydrogen) atoms. The maximum Gasteiger partial charge on any atom is 0.251 e. The Kier molecular flexibility index (Phi) is 5.69. The van der Waals surface area contributed by atoms with Crippen LogP contribution in [0.3, 0.4) is 0 Å². The molecule has 0 atom stereocenters. The molecule has 1 N–H and O–H groups in total. The summed E-state index contributed by atoms with van der Waals surface area (Å²) in [5.41, 5.74) is 1.64. The summed E-state index contributed by atoms with van der Waals surface area (Å²) in [7, 11) is 0. The summed E-state index contributed by atoms with van der Waals surface area (Å²) in [5.74, 6) is -0.0754. The lowest BCUT2D eigenvalue weighted by Gasteiger charge is -2.07. The zero-order valence-electron chi connectivity index (χ0n) is 10.5. The topological polar surface area (TPSA) is 29.1 Å². The Morgan fingerprint density at radius 1 is 1.15 bits per heavy atom. The number of hydrogen-bond donors (Lipinski definition) is 1. The normalized spacial score (nSPS) is 10.3. The third-order valence-corrected chi connectivity index (χ3v) is 4.04. The van der Waals surface area contributed by atoms with Crippen molar-refractivity contribution >= 4 is 51.7 Å². The summed E-state index contributed by atoms with van der Waals surface area (Å²) in [6.07, 6.45) is 0.672. The van der Waals surface area contributed by atoms with Crippen molar-refractivity contribution in [3.8, 4) is 0 Å². The second-order valence-corrected chi connectivity index (χ2v) is 6.34. The highest BCUT2D eigenvalue weighted by atomic mass is 127. The predicted octanol–water partition coefficient (Wildman–Crippen LogP) is 4.57. The SMILES string of the molecule is O=C(NCCc1ccc(Cl)cc1Cl)c1cccc(I)c1. The molecule has 2 aromatic carbocycles. The van der Waals surface area contributed by atoms with Crippen LogP contribution in [0.15, 0.2) is 42.5 Å². The van der Waals surface area contributed by atoms with Crippen LogP contribution in [0.5, 0.6) is 0 Å². The second-order valence-electron chi connectivity index (χ2n) is 4.25. The molecule has 0 aliphatic carbocycles. The largest absolute Gasteiger partial charge is 0.352 e. The molecule has 0 aromatic heterocycles. The van der Waals surface area contributed by atoms with Gasteiger partial charge in [0.1, 0.15) is 0 Å². The van der Waals surface area contributed by atoms with Crippen molar-refractivity contribution < 1.29 is 4.79 Å². The fourth-order valence-electron chi connectivity index (χ4n) is 1.77. The minimum absolute atomic E-state index is 0.0754. The van der Waals surface area contributed by atoms with Crippen molar-refractivity contribution in [2.24, 2.45) is 0 Å². The summed E-state index contributed by atoms with van der Waals surface area (Å²) in [6, 6.07) is 12.8. The standard InChI is InChI=1S/C15H12Cl2INO/c16-12-5-4-10(14(17)9-12)6-7-19-15(20)11-2-1-3-13(18)8-11/h1-5,8-9H,6-7H2,(H,19,20). The number of amides is 1. The first-order valence-corrected chi connectivity index (χ1v) is 7.87. The third-order valence-electron chi connectivity index (χ3n) is 2.78. The molecule has 0 aliphatic rings. The number of benzene rings is 2. The summed E-state index contributed by atoms with van der Waals surface area (Å²) >= 11 is 14.1. The maximum absolute atomic E-state index is 12.0. The lowest BCUT2D eigenvalue weighted by molar-refractivity contribution is 0.0954. The van der Waals surface area contributed by atoms with Crippen LogP contribution in [-0.4, -0.2) is 12.5 Å². The van der Waals surface area contributed by atoms with Gasteiger partial charge >= 0.3 is 0 Å². The van der Waals surface area contributed by atoms with Gasteiger partial charge in [0.2, 0.25) is 0 Å². The average molecular weight is 420 g/mol. The smallest absolute Gasteiger partial charge is 0.251 e. The van der Waals surface area contributed by atoms with Gasteiger partial charge < -0.3 is 5.32 Å². The minimum Gasteiger partial charge on any atom is -0.352 e. The van der Waals surface area contributed by atoms with Crippen molar-refractivity contribution in [1.29, 1.82) is 0 Å². The number of carbonyl (C=O) groups excluding carboxylic acids is 1. The molecule has 0 saturated heterocycles. The van der Waals surface area contributed by atoms with Gasteiger partial charge in [-0.2, -0.15) is 0 Å². The van der Waals surface area contributed by atoms with Crippen LogP contribution >= 0.6 is 45.8 Å². The van der Waals surface area contributed by atoms with E-state index in [0.29, 0.717) is 28.6 Å². The van der Waals surface area contributed by atoms with E-state index in [-0.39, 0.29) is 5.91 Å². The fourth-order valence-corrected chi connectivity index (χ4v) is 2.81. The maximum atomic E-state index is 12.0. The highest BCUT2D eigenvalue weighted by molar-refractivity contribution is 14.1. The fraction of sp³-hybridized carbons (Fsp3) is 0.133. The van der Waals surface area contributed by atoms with Crippen molar-refractivity contribution in [1.82, 2.24) is 5.32 Å². The van der Waals surface area contributed by atoms with E-state index in [9.17, 15) is 4.79 Å². The number of nitrogens with one attached hydrogen (secondary N) is 1. The van der Waals surface area contributed by atoms with E-state index >= 15 is 0 Å². The zero-order valence-corrected chi connectivity index (χ0v) is 14.2. The van der Waals surface area contributed by atoms with E-state index < -0.39 is 0 Å². The van der Waals surface area contributed by atoms with E-state index in [4.69, 9.17) is 23.2 Å². The number of rotatable bonds is 4. The summed E-state index contributed by atoms with van der Waals surface area (Å²) in [5, 5.41) is 4.12. The first-order valence-electron chi connectivity index (χ1n) is 6.04. The molecule has 0 spiro atoms. The molecule has 0 aliphatic heterocycles. The van der Waals surface area contributed by atoms with Gasteiger partial charge in [0, 0.05) is 25.7 Å². The van der Waals surface area contributed by atoms with Gasteiger partial charge in [-0.05, 0) is 64.9 Å². The van der Waals surface area contributed by atoms with E-state index in [1.54, 1.807) is 18.2 Å². The first-order chi connectivity index (χ1) is 9.56. The molecule has 2 nitrogen and oxygen atoms in total. The number of halogens is 3. The summed E-state index contributed by atoms with van der Waals surface area (Å²) in [4.78, 5) is 12.0. The molecule has 0 saturated carbocycles. The van der Waals surface area contributed by atoms with E-state index in [1.807, 2.05) is 24.3 Å². The van der Waals surface area contributed by atoms with Crippen molar-refractivity contribution in [3.63, 3.8) is 0 Å². The minimum atomic E-state index is -0.0754. The third kappa shape index (κ3) is 4.36. The van der Waals surface area contributed by atoms with Gasteiger partial charge in [0.15, 0.2) is 0 Å². The van der Waals surface area contributed by atoms with Crippen molar-refractivity contribution in [3.05, 3.63) is 67.2 Å². The van der Waals surface area contributed by atoms with Gasteiger partial charge in [-0.1, -0.05) is 35.3 Å². The molecule has 5 heteroatoms. The van der Waals surface area contributed by atoms with Gasteiger partial charge in [-0.15, -0.1) is 0 Å². The Morgan fingerprint density at radius 3 is 2.65 bits per heavy atom. The monoisotopic (exact) mass is 419 g/mol. The van der Waals surface area contributed by atoms with Crippen LogP contribution in [0.1, 0.15) is 15.9 Å². The molecule has 104 valence electrons. The van der Waals surface area contributed by atoms with Gasteiger partial charge in [-0.3, -0.25) is 4.79 Å². The summed E-state index contributed by atoms with van der Waals surface area (Å²) < 4.78 is 1.04. The molecule has 0 fully saturated rings. The van der Waals surface area contributed by atoms with Crippen LogP contribution in [0.4, 0.5) is 0 Å². The Hall–Kier alpha value is -0.780. The lowest BCUT2D eigenvalue weighted by atomic mass is 10.1. The lowest BCUT2D eigenvalue weighted by Crippen LogP contribution is -2.25. The molecular formula is C15H12Cl2INO. The molecule has 2 aromatic rings. The molecule has 0 unspecified atom stereocenters. The van der Waals surface area contributed by atoms with Crippen LogP contribution in [0.2, 0.25) is 10.0 Å². The zero-order chi connectivity index (χ0) is 14.5. The van der Waals surface area contributed by atoms with Crippen LogP contribution in [0.25, 0.3) is 0 Å². The Balaban J connectivity index is 1.91. The van der Waals surface area contributed by atoms with Crippen LogP contribution in [-0.2, 0) is 6.42 Å². The predicted molar refractivity (Wildman–Crippen MR) is 91.7 cm³/mol. The van der Waals surface area contributed by atoms with E-state index in [0.717, 1.165) is 9.13 Å². The Morgan fingerprint density at radius 2 is 1.95 bits per heavy atom. The highest BCUT2D eigenvalue weighted by Crippen LogP contribution is 2.21. The molecular weight excluding hydrogens is 408 g/mol. The van der Waals surface area contributed by atoms with Crippen LogP contribution in [0, 0.1) is 3.57 Å². The van der Waals surface area contributed by atoms with E-state index in [2.05, 4.69) is 27.9 Å². The molecule has 2 rings (SSSR count). The number of hydrogen-bond acceptors (Lipinski definition) is 1. The van der Waals surface area contributed by atoms with Crippen LogP contribution < -0.4 is 5.32 Å². The first kappa shape index (κ1) is 15.6. The quantitative estimate of drug-likeness (QED) is 0.722. The average Bonchev–Trinajstić information content (AvgIpc) is 2.41.